The van der Waals surface area contributed by atoms with Crippen molar-refractivity contribution in [2.24, 2.45) is 0 Å². The summed E-state index contributed by atoms with van der Waals surface area (Å²) in [6.07, 6.45) is 0. The zero-order valence-corrected chi connectivity index (χ0v) is 13.7. The standard InChI is InChI=1S/C17H24F2N2O2/c1-12(2)13-3-4-15(16(9-13)23-17(18)19)21-7-5-20(6-8-21)14-10-22-11-14/h3-4,9,12,14,17H,5-8,10-11H2,1-2H3. The third-order valence-electron chi connectivity index (χ3n) is 4.66. The molecule has 4 nitrogen and oxygen atoms in total. The second-order valence-electron chi connectivity index (χ2n) is 6.47. The number of nitrogens with zero attached hydrogens (tertiary/aromatic N) is 2. The lowest BCUT2D eigenvalue weighted by atomic mass is 10.0. The van der Waals surface area contributed by atoms with Crippen LogP contribution >= 0.6 is 0 Å². The van der Waals surface area contributed by atoms with Gasteiger partial charge in [0.25, 0.3) is 0 Å². The van der Waals surface area contributed by atoms with E-state index in [1.165, 1.54) is 0 Å². The molecule has 6 heteroatoms. The van der Waals surface area contributed by atoms with Crippen molar-refractivity contribution in [2.75, 3.05) is 44.3 Å². The first kappa shape index (κ1) is 16.5. The van der Waals surface area contributed by atoms with Crippen LogP contribution in [0.2, 0.25) is 0 Å². The molecule has 0 radical (unpaired) electrons. The van der Waals surface area contributed by atoms with E-state index in [-0.39, 0.29) is 11.7 Å². The maximum atomic E-state index is 12.8. The Morgan fingerprint density at radius 2 is 1.83 bits per heavy atom. The summed E-state index contributed by atoms with van der Waals surface area (Å²) in [5, 5.41) is 0. The van der Waals surface area contributed by atoms with Crippen LogP contribution in [0.25, 0.3) is 0 Å². The van der Waals surface area contributed by atoms with Crippen molar-refractivity contribution in [3.63, 3.8) is 0 Å². The Bertz CT molecular complexity index is 527. The van der Waals surface area contributed by atoms with Crippen LogP contribution in [-0.4, -0.2) is 56.9 Å². The predicted octanol–water partition coefficient (Wildman–Crippen LogP) is 2.93. The summed E-state index contributed by atoms with van der Waals surface area (Å²) in [4.78, 5) is 4.55. The first-order valence-corrected chi connectivity index (χ1v) is 8.20. The fraction of sp³-hybridized carbons (Fsp3) is 0.647. The second-order valence-corrected chi connectivity index (χ2v) is 6.47. The van der Waals surface area contributed by atoms with Gasteiger partial charge >= 0.3 is 6.61 Å². The van der Waals surface area contributed by atoms with E-state index in [4.69, 9.17) is 9.47 Å². The number of anilines is 1. The average Bonchev–Trinajstić information content (AvgIpc) is 2.45. The first-order chi connectivity index (χ1) is 11.0. The lowest BCUT2D eigenvalue weighted by Gasteiger charge is -2.43. The van der Waals surface area contributed by atoms with Gasteiger partial charge in [-0.05, 0) is 23.6 Å². The van der Waals surface area contributed by atoms with Crippen molar-refractivity contribution in [3.8, 4) is 5.75 Å². The molecule has 0 N–H and O–H groups in total. The van der Waals surface area contributed by atoms with E-state index in [9.17, 15) is 8.78 Å². The van der Waals surface area contributed by atoms with Gasteiger partial charge < -0.3 is 14.4 Å². The Kier molecular flexibility index (Phi) is 5.02. The second kappa shape index (κ2) is 7.01. The molecule has 23 heavy (non-hydrogen) atoms. The van der Waals surface area contributed by atoms with Crippen LogP contribution in [-0.2, 0) is 4.74 Å². The maximum Gasteiger partial charge on any atom is 0.387 e. The van der Waals surface area contributed by atoms with Gasteiger partial charge in [0.05, 0.1) is 24.9 Å². The van der Waals surface area contributed by atoms with Gasteiger partial charge in [0.1, 0.15) is 5.75 Å². The molecule has 128 valence electrons. The van der Waals surface area contributed by atoms with E-state index in [0.29, 0.717) is 6.04 Å². The van der Waals surface area contributed by atoms with Crippen LogP contribution in [0.15, 0.2) is 18.2 Å². The van der Waals surface area contributed by atoms with Gasteiger partial charge in [0.2, 0.25) is 0 Å². The highest BCUT2D eigenvalue weighted by Crippen LogP contribution is 2.34. The van der Waals surface area contributed by atoms with E-state index >= 15 is 0 Å². The van der Waals surface area contributed by atoms with Crippen molar-refractivity contribution >= 4 is 5.69 Å². The smallest absolute Gasteiger partial charge is 0.387 e. The van der Waals surface area contributed by atoms with Crippen molar-refractivity contribution in [1.29, 1.82) is 0 Å². The van der Waals surface area contributed by atoms with Gasteiger partial charge in [0.15, 0.2) is 0 Å². The van der Waals surface area contributed by atoms with Crippen LogP contribution in [0.1, 0.15) is 25.3 Å². The Morgan fingerprint density at radius 3 is 2.35 bits per heavy atom. The van der Waals surface area contributed by atoms with E-state index in [2.05, 4.69) is 9.80 Å². The molecule has 0 aromatic heterocycles. The van der Waals surface area contributed by atoms with E-state index in [1.54, 1.807) is 6.07 Å². The summed E-state index contributed by atoms with van der Waals surface area (Å²) in [7, 11) is 0. The number of alkyl halides is 2. The zero-order chi connectivity index (χ0) is 16.4. The molecular weight excluding hydrogens is 302 g/mol. The molecule has 1 aromatic rings. The van der Waals surface area contributed by atoms with Gasteiger partial charge in [0, 0.05) is 26.2 Å². The summed E-state index contributed by atoms with van der Waals surface area (Å²) in [6, 6.07) is 6.19. The summed E-state index contributed by atoms with van der Waals surface area (Å²) in [6.45, 7) is 6.38. The molecule has 0 amide bonds. The van der Waals surface area contributed by atoms with Crippen LogP contribution in [0.3, 0.4) is 0 Å². The van der Waals surface area contributed by atoms with Crippen molar-refractivity contribution in [1.82, 2.24) is 4.90 Å². The molecule has 1 aromatic carbocycles. The Morgan fingerprint density at radius 1 is 1.13 bits per heavy atom. The summed E-state index contributed by atoms with van der Waals surface area (Å²) < 4.78 is 35.5. The fourth-order valence-corrected chi connectivity index (χ4v) is 3.10. The molecule has 2 saturated heterocycles. The van der Waals surface area contributed by atoms with Crippen LogP contribution in [0.5, 0.6) is 5.75 Å². The molecule has 0 saturated carbocycles. The number of halogens is 2. The van der Waals surface area contributed by atoms with Crippen LogP contribution < -0.4 is 9.64 Å². The molecule has 0 bridgehead atoms. The number of rotatable bonds is 5. The third kappa shape index (κ3) is 3.75. The fourth-order valence-electron chi connectivity index (χ4n) is 3.10. The molecular formula is C17H24F2N2O2. The molecule has 0 spiro atoms. The number of ether oxygens (including phenoxy) is 2. The molecule has 0 unspecified atom stereocenters. The minimum absolute atomic E-state index is 0.277. The Balaban J connectivity index is 1.73. The van der Waals surface area contributed by atoms with Crippen molar-refractivity contribution in [3.05, 3.63) is 23.8 Å². The third-order valence-corrected chi connectivity index (χ3v) is 4.66. The first-order valence-electron chi connectivity index (χ1n) is 8.20. The monoisotopic (exact) mass is 326 g/mol. The minimum Gasteiger partial charge on any atom is -0.433 e. The normalized spacial score (nSPS) is 20.2. The number of hydrogen-bond acceptors (Lipinski definition) is 4. The summed E-state index contributed by atoms with van der Waals surface area (Å²) in [5.41, 5.74) is 1.77. The van der Waals surface area contributed by atoms with Crippen LogP contribution in [0.4, 0.5) is 14.5 Å². The lowest BCUT2D eigenvalue weighted by molar-refractivity contribution is -0.0663. The number of hydrogen-bond donors (Lipinski definition) is 0. The minimum atomic E-state index is -2.80. The Hall–Kier alpha value is -1.40. The number of piperazine rings is 1. The van der Waals surface area contributed by atoms with Gasteiger partial charge in [-0.15, -0.1) is 0 Å². The number of benzene rings is 1. The molecule has 2 fully saturated rings. The average molecular weight is 326 g/mol. The molecule has 2 aliphatic rings. The molecule has 2 aliphatic heterocycles. The van der Waals surface area contributed by atoms with Crippen LogP contribution in [0, 0.1) is 0 Å². The van der Waals surface area contributed by atoms with E-state index in [0.717, 1.165) is 50.6 Å². The predicted molar refractivity (Wildman–Crippen MR) is 85.6 cm³/mol. The summed E-state index contributed by atoms with van der Waals surface area (Å²) >= 11 is 0. The SMILES string of the molecule is CC(C)c1ccc(N2CCN(C3COC3)CC2)c(OC(F)F)c1. The topological polar surface area (TPSA) is 24.9 Å². The molecule has 3 rings (SSSR count). The highest BCUT2D eigenvalue weighted by molar-refractivity contribution is 5.60. The Labute approximate surface area is 136 Å². The van der Waals surface area contributed by atoms with E-state index in [1.807, 2.05) is 26.0 Å². The quantitative estimate of drug-likeness (QED) is 0.831. The largest absolute Gasteiger partial charge is 0.433 e. The molecule has 0 atom stereocenters. The maximum absolute atomic E-state index is 12.8. The van der Waals surface area contributed by atoms with Gasteiger partial charge in [-0.1, -0.05) is 19.9 Å². The van der Waals surface area contributed by atoms with Crippen molar-refractivity contribution in [2.45, 2.75) is 32.4 Å². The highest BCUT2D eigenvalue weighted by Gasteiger charge is 2.29. The molecule has 2 heterocycles. The molecule has 0 aliphatic carbocycles. The summed E-state index contributed by atoms with van der Waals surface area (Å²) in [5.74, 6) is 0.561. The van der Waals surface area contributed by atoms with Gasteiger partial charge in [-0.25, -0.2) is 0 Å². The van der Waals surface area contributed by atoms with E-state index < -0.39 is 6.61 Å². The zero-order valence-electron chi connectivity index (χ0n) is 13.7. The van der Waals surface area contributed by atoms with Gasteiger partial charge in [-0.3, -0.25) is 4.90 Å². The van der Waals surface area contributed by atoms with Crippen molar-refractivity contribution < 1.29 is 18.3 Å². The van der Waals surface area contributed by atoms with Gasteiger partial charge in [-0.2, -0.15) is 8.78 Å². The lowest BCUT2D eigenvalue weighted by Crippen LogP contribution is -2.56. The highest BCUT2D eigenvalue weighted by atomic mass is 19.3.